The SMILES string of the molecule is Cc1ccc(Cl)cc1NC(=O)C(C)(C)C(=O)Nc1ccc(C(F)(F)F)cc1. The third-order valence-corrected chi connectivity index (χ3v) is 4.29. The molecule has 0 aliphatic rings. The molecule has 0 saturated heterocycles. The second-order valence-electron chi connectivity index (χ2n) is 6.57. The van der Waals surface area contributed by atoms with E-state index in [0.717, 1.165) is 29.8 Å². The van der Waals surface area contributed by atoms with Crippen molar-refractivity contribution >= 4 is 34.8 Å². The summed E-state index contributed by atoms with van der Waals surface area (Å²) in [7, 11) is 0. The first-order valence-corrected chi connectivity index (χ1v) is 8.35. The zero-order valence-electron chi connectivity index (χ0n) is 14.9. The van der Waals surface area contributed by atoms with Gasteiger partial charge in [-0.05, 0) is 62.7 Å². The smallest absolute Gasteiger partial charge is 0.325 e. The molecule has 0 aliphatic heterocycles. The summed E-state index contributed by atoms with van der Waals surface area (Å²) in [5, 5.41) is 5.55. The molecule has 2 aromatic rings. The topological polar surface area (TPSA) is 58.2 Å². The predicted octanol–water partition coefficient (Wildman–Crippen LogP) is 5.27. The lowest BCUT2D eigenvalue weighted by atomic mass is 9.90. The lowest BCUT2D eigenvalue weighted by Crippen LogP contribution is -2.41. The van der Waals surface area contributed by atoms with E-state index in [2.05, 4.69) is 10.6 Å². The van der Waals surface area contributed by atoms with Gasteiger partial charge in [-0.25, -0.2) is 0 Å². The van der Waals surface area contributed by atoms with Crippen LogP contribution in [-0.2, 0) is 15.8 Å². The largest absolute Gasteiger partial charge is 0.416 e. The fraction of sp³-hybridized carbons (Fsp3) is 0.263. The van der Waals surface area contributed by atoms with Crippen molar-refractivity contribution in [2.75, 3.05) is 10.6 Å². The van der Waals surface area contributed by atoms with E-state index >= 15 is 0 Å². The van der Waals surface area contributed by atoms with Gasteiger partial charge in [-0.2, -0.15) is 13.2 Å². The van der Waals surface area contributed by atoms with E-state index in [0.29, 0.717) is 10.7 Å². The zero-order chi connectivity index (χ0) is 20.4. The molecule has 0 atom stereocenters. The molecular weight excluding hydrogens is 381 g/mol. The number of hydrogen-bond acceptors (Lipinski definition) is 2. The molecule has 0 aliphatic carbocycles. The summed E-state index contributed by atoms with van der Waals surface area (Å²) in [6.45, 7) is 4.62. The average Bonchev–Trinajstić information content (AvgIpc) is 2.57. The molecule has 0 aromatic heterocycles. The number of amides is 2. The Morgan fingerprint density at radius 3 is 2.04 bits per heavy atom. The van der Waals surface area contributed by atoms with E-state index in [1.54, 1.807) is 25.1 Å². The van der Waals surface area contributed by atoms with Crippen LogP contribution in [0.4, 0.5) is 24.5 Å². The third kappa shape index (κ3) is 5.01. The molecule has 27 heavy (non-hydrogen) atoms. The molecule has 0 unspecified atom stereocenters. The maximum Gasteiger partial charge on any atom is 0.416 e. The van der Waals surface area contributed by atoms with Crippen molar-refractivity contribution in [3.05, 3.63) is 58.6 Å². The Morgan fingerprint density at radius 1 is 0.926 bits per heavy atom. The molecule has 4 nitrogen and oxygen atoms in total. The highest BCUT2D eigenvalue weighted by Crippen LogP contribution is 2.30. The molecule has 0 radical (unpaired) electrons. The molecule has 0 spiro atoms. The van der Waals surface area contributed by atoms with Crippen molar-refractivity contribution in [1.82, 2.24) is 0 Å². The summed E-state index contributed by atoms with van der Waals surface area (Å²) in [4.78, 5) is 25.0. The van der Waals surface area contributed by atoms with Gasteiger partial charge in [0.25, 0.3) is 0 Å². The number of rotatable bonds is 4. The van der Waals surface area contributed by atoms with Crippen molar-refractivity contribution < 1.29 is 22.8 Å². The van der Waals surface area contributed by atoms with E-state index in [1.807, 2.05) is 0 Å². The molecule has 2 amide bonds. The number of alkyl halides is 3. The Bertz CT molecular complexity index is 862. The van der Waals surface area contributed by atoms with E-state index in [1.165, 1.54) is 13.8 Å². The van der Waals surface area contributed by atoms with Gasteiger partial charge >= 0.3 is 6.18 Å². The van der Waals surface area contributed by atoms with Gasteiger partial charge in [-0.15, -0.1) is 0 Å². The Labute approximate surface area is 159 Å². The van der Waals surface area contributed by atoms with Crippen molar-refractivity contribution in [3.8, 4) is 0 Å². The number of halogens is 4. The quantitative estimate of drug-likeness (QED) is 0.689. The first-order valence-electron chi connectivity index (χ1n) is 7.97. The third-order valence-electron chi connectivity index (χ3n) is 4.05. The minimum atomic E-state index is -4.46. The summed E-state index contributed by atoms with van der Waals surface area (Å²) in [6, 6.07) is 8.96. The second-order valence-corrected chi connectivity index (χ2v) is 7.00. The van der Waals surface area contributed by atoms with Crippen LogP contribution in [0.25, 0.3) is 0 Å². The van der Waals surface area contributed by atoms with Crippen LogP contribution in [0.3, 0.4) is 0 Å². The summed E-state index contributed by atoms with van der Waals surface area (Å²) in [5.74, 6) is -1.23. The first kappa shape index (κ1) is 20.8. The Hall–Kier alpha value is -2.54. The van der Waals surface area contributed by atoms with Crippen LogP contribution < -0.4 is 10.6 Å². The fourth-order valence-electron chi connectivity index (χ4n) is 2.14. The molecule has 144 valence electrons. The Balaban J connectivity index is 2.11. The van der Waals surface area contributed by atoms with Gasteiger partial charge in [0.05, 0.1) is 5.56 Å². The maximum absolute atomic E-state index is 12.6. The van der Waals surface area contributed by atoms with E-state index in [-0.39, 0.29) is 5.69 Å². The summed E-state index contributed by atoms with van der Waals surface area (Å²) in [6.07, 6.45) is -4.46. The van der Waals surface area contributed by atoms with E-state index < -0.39 is 29.0 Å². The van der Waals surface area contributed by atoms with Crippen LogP contribution in [-0.4, -0.2) is 11.8 Å². The van der Waals surface area contributed by atoms with Crippen molar-refractivity contribution in [1.29, 1.82) is 0 Å². The fourth-order valence-corrected chi connectivity index (χ4v) is 2.31. The van der Waals surface area contributed by atoms with Gasteiger partial charge in [0.1, 0.15) is 5.41 Å². The van der Waals surface area contributed by atoms with Gasteiger partial charge in [-0.3, -0.25) is 9.59 Å². The number of carbonyl (C=O) groups excluding carboxylic acids is 2. The highest BCUT2D eigenvalue weighted by Gasteiger charge is 2.36. The summed E-state index contributed by atoms with van der Waals surface area (Å²) >= 11 is 5.92. The van der Waals surface area contributed by atoms with E-state index in [9.17, 15) is 22.8 Å². The van der Waals surface area contributed by atoms with Gasteiger partial charge < -0.3 is 10.6 Å². The molecule has 0 heterocycles. The van der Waals surface area contributed by atoms with Crippen LogP contribution in [0.5, 0.6) is 0 Å². The molecule has 0 fully saturated rings. The summed E-state index contributed by atoms with van der Waals surface area (Å²) < 4.78 is 37.8. The standard InChI is InChI=1S/C19H18ClF3N2O2/c1-11-4-7-13(20)10-15(11)25-17(27)18(2,3)16(26)24-14-8-5-12(6-9-14)19(21,22)23/h4-10H,1-3H3,(H,24,26)(H,25,27). The number of aryl methyl sites for hydroxylation is 1. The first-order chi connectivity index (χ1) is 12.4. The van der Waals surface area contributed by atoms with Crippen molar-refractivity contribution in [3.63, 3.8) is 0 Å². The van der Waals surface area contributed by atoms with Gasteiger partial charge in [0.15, 0.2) is 0 Å². The van der Waals surface area contributed by atoms with Gasteiger partial charge in [0, 0.05) is 16.4 Å². The molecule has 2 N–H and O–H groups in total. The zero-order valence-corrected chi connectivity index (χ0v) is 15.6. The van der Waals surface area contributed by atoms with E-state index in [4.69, 9.17) is 11.6 Å². The Morgan fingerprint density at radius 2 is 1.48 bits per heavy atom. The van der Waals surface area contributed by atoms with Crippen LogP contribution in [0.2, 0.25) is 5.02 Å². The average molecular weight is 399 g/mol. The maximum atomic E-state index is 12.6. The summed E-state index contributed by atoms with van der Waals surface area (Å²) in [5.41, 5.74) is -0.895. The highest BCUT2D eigenvalue weighted by atomic mass is 35.5. The van der Waals surface area contributed by atoms with Gasteiger partial charge in [-0.1, -0.05) is 17.7 Å². The lowest BCUT2D eigenvalue weighted by Gasteiger charge is -2.23. The molecule has 2 aromatic carbocycles. The normalized spacial score (nSPS) is 11.8. The number of nitrogens with one attached hydrogen (secondary N) is 2. The molecule has 0 saturated carbocycles. The van der Waals surface area contributed by atoms with Crippen LogP contribution in [0, 0.1) is 12.3 Å². The molecule has 2 rings (SSSR count). The number of hydrogen-bond donors (Lipinski definition) is 2. The lowest BCUT2D eigenvalue weighted by molar-refractivity contribution is -0.137. The predicted molar refractivity (Wildman–Crippen MR) is 98.7 cm³/mol. The van der Waals surface area contributed by atoms with Crippen molar-refractivity contribution in [2.45, 2.75) is 26.9 Å². The molecule has 0 bridgehead atoms. The molecular formula is C19H18ClF3N2O2. The molecule has 8 heteroatoms. The minimum Gasteiger partial charge on any atom is -0.325 e. The van der Waals surface area contributed by atoms with Crippen LogP contribution in [0.1, 0.15) is 25.0 Å². The minimum absolute atomic E-state index is 0.160. The highest BCUT2D eigenvalue weighted by molar-refractivity contribution is 6.31. The number of anilines is 2. The Kier molecular flexibility index (Phi) is 5.85. The van der Waals surface area contributed by atoms with Crippen LogP contribution in [0.15, 0.2) is 42.5 Å². The van der Waals surface area contributed by atoms with Crippen LogP contribution >= 0.6 is 11.6 Å². The second kappa shape index (κ2) is 7.60. The van der Waals surface area contributed by atoms with Crippen molar-refractivity contribution in [2.24, 2.45) is 5.41 Å². The van der Waals surface area contributed by atoms with Gasteiger partial charge in [0.2, 0.25) is 11.8 Å². The number of benzene rings is 2. The number of carbonyl (C=O) groups is 2. The monoisotopic (exact) mass is 398 g/mol.